The van der Waals surface area contributed by atoms with E-state index in [0.29, 0.717) is 17.0 Å². The highest BCUT2D eigenvalue weighted by molar-refractivity contribution is 9.11. The van der Waals surface area contributed by atoms with Gasteiger partial charge in [0.15, 0.2) is 0 Å². The maximum atomic E-state index is 11.5. The lowest BCUT2D eigenvalue weighted by Crippen LogP contribution is -2.24. The van der Waals surface area contributed by atoms with Crippen LogP contribution in [0.1, 0.15) is 10.4 Å². The minimum Gasteiger partial charge on any atom is -0.347 e. The highest BCUT2D eigenvalue weighted by Crippen LogP contribution is 2.12. The minimum atomic E-state index is -0.142. The van der Waals surface area contributed by atoms with Crippen LogP contribution in [0.15, 0.2) is 40.2 Å². The number of carbonyl (C=O) groups excluding carboxylic acids is 1. The third-order valence-corrected chi connectivity index (χ3v) is 2.26. The van der Waals surface area contributed by atoms with Gasteiger partial charge >= 0.3 is 0 Å². The van der Waals surface area contributed by atoms with Crippen molar-refractivity contribution in [3.05, 3.63) is 40.9 Å². The molecule has 1 amide bonds. The Morgan fingerprint density at radius 3 is 2.71 bits per heavy atom. The largest absolute Gasteiger partial charge is 0.347 e. The van der Waals surface area contributed by atoms with E-state index >= 15 is 0 Å². The summed E-state index contributed by atoms with van der Waals surface area (Å²) in [5, 5.41) is 2.70. The Morgan fingerprint density at radius 2 is 2.14 bits per heavy atom. The van der Waals surface area contributed by atoms with Gasteiger partial charge in [-0.15, -0.1) is 12.6 Å². The highest BCUT2D eigenvalue weighted by atomic mass is 79.9. The van der Waals surface area contributed by atoms with Gasteiger partial charge in [-0.25, -0.2) is 0 Å². The lowest BCUT2D eigenvalue weighted by Gasteiger charge is -2.05. The standard InChI is InChI=1S/C10H10BrNOS/c1-7(11)6-12-10(13)8-4-2-3-5-9(8)14/h2-5,14H,1,6H2,(H,12,13). The molecule has 0 atom stereocenters. The molecule has 0 bridgehead atoms. The molecule has 4 heteroatoms. The molecule has 1 aromatic rings. The van der Waals surface area contributed by atoms with Gasteiger partial charge in [0, 0.05) is 15.9 Å². The maximum Gasteiger partial charge on any atom is 0.252 e. The zero-order valence-electron chi connectivity index (χ0n) is 7.46. The summed E-state index contributed by atoms with van der Waals surface area (Å²) >= 11 is 7.35. The van der Waals surface area contributed by atoms with Crippen LogP contribution in [-0.4, -0.2) is 12.5 Å². The summed E-state index contributed by atoms with van der Waals surface area (Å²) in [6, 6.07) is 7.15. The average Bonchev–Trinajstić information content (AvgIpc) is 2.15. The summed E-state index contributed by atoms with van der Waals surface area (Å²) < 4.78 is 0.738. The first kappa shape index (κ1) is 11.3. The highest BCUT2D eigenvalue weighted by Gasteiger charge is 2.07. The molecule has 0 saturated carbocycles. The van der Waals surface area contributed by atoms with Crippen molar-refractivity contribution in [3.63, 3.8) is 0 Å². The van der Waals surface area contributed by atoms with Gasteiger partial charge in [-0.2, -0.15) is 0 Å². The molecule has 1 rings (SSSR count). The molecule has 0 saturated heterocycles. The summed E-state index contributed by atoms with van der Waals surface area (Å²) in [5.41, 5.74) is 0.574. The average molecular weight is 272 g/mol. The molecule has 1 aromatic carbocycles. The van der Waals surface area contributed by atoms with Gasteiger partial charge in [-0.3, -0.25) is 4.79 Å². The van der Waals surface area contributed by atoms with Crippen LogP contribution in [0.2, 0.25) is 0 Å². The number of rotatable bonds is 3. The summed E-state index contributed by atoms with van der Waals surface area (Å²) in [7, 11) is 0. The van der Waals surface area contributed by atoms with Gasteiger partial charge in [0.05, 0.1) is 5.56 Å². The molecular formula is C10H10BrNOS. The van der Waals surface area contributed by atoms with Crippen molar-refractivity contribution in [3.8, 4) is 0 Å². The van der Waals surface area contributed by atoms with Crippen molar-refractivity contribution in [2.45, 2.75) is 4.90 Å². The fourth-order valence-electron chi connectivity index (χ4n) is 0.937. The number of hydrogen-bond acceptors (Lipinski definition) is 2. The first-order valence-corrected chi connectivity index (χ1v) is 5.24. The number of carbonyl (C=O) groups is 1. The molecule has 74 valence electrons. The molecule has 14 heavy (non-hydrogen) atoms. The van der Waals surface area contributed by atoms with Crippen LogP contribution in [0.25, 0.3) is 0 Å². The fourth-order valence-corrected chi connectivity index (χ4v) is 1.34. The summed E-state index contributed by atoms with van der Waals surface area (Å²) in [6.07, 6.45) is 0. The molecule has 1 N–H and O–H groups in total. The molecule has 0 unspecified atom stereocenters. The van der Waals surface area contributed by atoms with Crippen LogP contribution in [0.4, 0.5) is 0 Å². The molecule has 0 radical (unpaired) electrons. The fraction of sp³-hybridized carbons (Fsp3) is 0.100. The minimum absolute atomic E-state index is 0.142. The monoisotopic (exact) mass is 271 g/mol. The normalized spacial score (nSPS) is 9.57. The van der Waals surface area contributed by atoms with E-state index in [1.54, 1.807) is 18.2 Å². The second-order valence-electron chi connectivity index (χ2n) is 2.72. The zero-order valence-corrected chi connectivity index (χ0v) is 9.94. The number of hydrogen-bond donors (Lipinski definition) is 2. The van der Waals surface area contributed by atoms with Crippen LogP contribution >= 0.6 is 28.6 Å². The van der Waals surface area contributed by atoms with Gasteiger partial charge in [0.25, 0.3) is 5.91 Å². The lowest BCUT2D eigenvalue weighted by molar-refractivity contribution is 0.0955. The second kappa shape index (κ2) is 5.22. The Balaban J connectivity index is 2.70. The summed E-state index contributed by atoms with van der Waals surface area (Å²) in [5.74, 6) is -0.142. The van der Waals surface area contributed by atoms with E-state index in [9.17, 15) is 4.79 Å². The van der Waals surface area contributed by atoms with Crippen molar-refractivity contribution in [2.24, 2.45) is 0 Å². The molecule has 0 aliphatic carbocycles. The summed E-state index contributed by atoms with van der Waals surface area (Å²) in [6.45, 7) is 4.04. The van der Waals surface area contributed by atoms with Crippen LogP contribution in [0.5, 0.6) is 0 Å². The summed E-state index contributed by atoms with van der Waals surface area (Å²) in [4.78, 5) is 12.2. The van der Waals surface area contributed by atoms with Crippen LogP contribution in [0, 0.1) is 0 Å². The van der Waals surface area contributed by atoms with Gasteiger partial charge in [-0.05, 0) is 12.1 Å². The van der Waals surface area contributed by atoms with Crippen molar-refractivity contribution in [1.29, 1.82) is 0 Å². The smallest absolute Gasteiger partial charge is 0.252 e. The second-order valence-corrected chi connectivity index (χ2v) is 4.32. The Bertz CT molecular complexity index is 365. The third kappa shape index (κ3) is 3.20. The molecule has 0 heterocycles. The molecule has 2 nitrogen and oxygen atoms in total. The Morgan fingerprint density at radius 1 is 1.50 bits per heavy atom. The van der Waals surface area contributed by atoms with Crippen LogP contribution in [0.3, 0.4) is 0 Å². The van der Waals surface area contributed by atoms with Crippen molar-refractivity contribution in [1.82, 2.24) is 5.32 Å². The van der Waals surface area contributed by atoms with Gasteiger partial charge in [-0.1, -0.05) is 34.6 Å². The first-order valence-electron chi connectivity index (χ1n) is 4.00. The lowest BCUT2D eigenvalue weighted by atomic mass is 10.2. The van der Waals surface area contributed by atoms with E-state index in [1.165, 1.54) is 0 Å². The van der Waals surface area contributed by atoms with E-state index < -0.39 is 0 Å². The predicted octanol–water partition coefficient (Wildman–Crippen LogP) is 2.61. The zero-order chi connectivity index (χ0) is 10.6. The van der Waals surface area contributed by atoms with Crippen LogP contribution < -0.4 is 5.32 Å². The Hall–Kier alpha value is -0.740. The van der Waals surface area contributed by atoms with Gasteiger partial charge in [0.1, 0.15) is 0 Å². The quantitative estimate of drug-likeness (QED) is 0.814. The number of benzene rings is 1. The molecule has 0 aliphatic rings. The van der Waals surface area contributed by atoms with E-state index in [1.807, 2.05) is 6.07 Å². The molecular weight excluding hydrogens is 262 g/mol. The Kier molecular flexibility index (Phi) is 4.22. The van der Waals surface area contributed by atoms with E-state index in [0.717, 1.165) is 4.48 Å². The topological polar surface area (TPSA) is 29.1 Å². The first-order chi connectivity index (χ1) is 6.61. The van der Waals surface area contributed by atoms with Gasteiger partial charge < -0.3 is 5.32 Å². The molecule has 0 aliphatic heterocycles. The van der Waals surface area contributed by atoms with Crippen molar-refractivity contribution >= 4 is 34.5 Å². The van der Waals surface area contributed by atoms with Crippen molar-refractivity contribution < 1.29 is 4.79 Å². The molecule has 0 aromatic heterocycles. The van der Waals surface area contributed by atoms with E-state index in [-0.39, 0.29) is 5.91 Å². The Labute approximate surface area is 96.9 Å². The number of thiol groups is 1. The SMILES string of the molecule is C=C(Br)CNC(=O)c1ccccc1S. The van der Waals surface area contributed by atoms with Gasteiger partial charge in [0.2, 0.25) is 0 Å². The van der Waals surface area contributed by atoms with Crippen molar-refractivity contribution in [2.75, 3.05) is 6.54 Å². The predicted molar refractivity (Wildman–Crippen MR) is 64.1 cm³/mol. The maximum absolute atomic E-state index is 11.5. The van der Waals surface area contributed by atoms with E-state index in [2.05, 4.69) is 40.5 Å². The van der Waals surface area contributed by atoms with Crippen LogP contribution in [-0.2, 0) is 0 Å². The number of nitrogens with one attached hydrogen (secondary N) is 1. The van der Waals surface area contributed by atoms with E-state index in [4.69, 9.17) is 0 Å². The molecule has 0 spiro atoms. The number of amides is 1. The number of halogens is 1. The molecule has 0 fully saturated rings. The third-order valence-electron chi connectivity index (χ3n) is 1.59.